The molecular formula is C19H25NO. The van der Waals surface area contributed by atoms with Crippen LogP contribution in [0, 0.1) is 5.92 Å². The standard InChI is InChI=1S/C19H25NO/c1-15(2)18(20)19(21,13-16-9-5-3-6-10-16)14-17-11-7-4-8-12-17/h3-12,15,18,21H,13-14,20H2,1-2H3/t18-/m1/s1. The minimum Gasteiger partial charge on any atom is -0.388 e. The van der Waals surface area contributed by atoms with Gasteiger partial charge in [-0.15, -0.1) is 0 Å². The van der Waals surface area contributed by atoms with Crippen LogP contribution in [0.3, 0.4) is 0 Å². The lowest BCUT2D eigenvalue weighted by molar-refractivity contribution is 0.000299. The summed E-state index contributed by atoms with van der Waals surface area (Å²) in [6.07, 6.45) is 1.14. The van der Waals surface area contributed by atoms with Crippen molar-refractivity contribution in [2.24, 2.45) is 11.7 Å². The Morgan fingerprint density at radius 1 is 0.857 bits per heavy atom. The molecule has 0 aliphatic heterocycles. The first-order valence-corrected chi connectivity index (χ1v) is 7.57. The van der Waals surface area contributed by atoms with Crippen molar-refractivity contribution in [1.29, 1.82) is 0 Å². The fraction of sp³-hybridized carbons (Fsp3) is 0.368. The van der Waals surface area contributed by atoms with Crippen LogP contribution in [0.4, 0.5) is 0 Å². The van der Waals surface area contributed by atoms with E-state index in [2.05, 4.69) is 13.8 Å². The average Bonchev–Trinajstić information content (AvgIpc) is 2.48. The van der Waals surface area contributed by atoms with E-state index in [0.29, 0.717) is 12.8 Å². The van der Waals surface area contributed by atoms with Gasteiger partial charge in [-0.05, 0) is 17.0 Å². The molecule has 0 unspecified atom stereocenters. The van der Waals surface area contributed by atoms with Crippen molar-refractivity contribution in [2.75, 3.05) is 0 Å². The number of nitrogens with two attached hydrogens (primary N) is 1. The molecule has 0 amide bonds. The molecule has 3 N–H and O–H groups in total. The summed E-state index contributed by atoms with van der Waals surface area (Å²) in [5.74, 6) is 0.224. The molecule has 0 spiro atoms. The molecule has 2 aromatic rings. The largest absolute Gasteiger partial charge is 0.388 e. The summed E-state index contributed by atoms with van der Waals surface area (Å²) in [7, 11) is 0. The van der Waals surface area contributed by atoms with Gasteiger partial charge >= 0.3 is 0 Å². The number of aliphatic hydroxyl groups is 1. The predicted molar refractivity (Wildman–Crippen MR) is 88.1 cm³/mol. The maximum atomic E-state index is 11.2. The molecule has 2 aromatic carbocycles. The topological polar surface area (TPSA) is 46.2 Å². The number of hydrogen-bond donors (Lipinski definition) is 2. The van der Waals surface area contributed by atoms with Gasteiger partial charge in [-0.1, -0.05) is 74.5 Å². The Balaban J connectivity index is 2.26. The van der Waals surface area contributed by atoms with Gasteiger partial charge in [-0.25, -0.2) is 0 Å². The van der Waals surface area contributed by atoms with Crippen LogP contribution in [0.25, 0.3) is 0 Å². The highest BCUT2D eigenvalue weighted by atomic mass is 16.3. The number of rotatable bonds is 6. The molecule has 2 nitrogen and oxygen atoms in total. The summed E-state index contributed by atoms with van der Waals surface area (Å²) in [4.78, 5) is 0. The average molecular weight is 283 g/mol. The minimum atomic E-state index is -0.934. The molecule has 0 fully saturated rings. The van der Waals surface area contributed by atoms with Gasteiger partial charge in [-0.2, -0.15) is 0 Å². The molecule has 0 heterocycles. The minimum absolute atomic E-state index is 0.224. The third kappa shape index (κ3) is 4.16. The Labute approximate surface area is 127 Å². The summed E-state index contributed by atoms with van der Waals surface area (Å²) < 4.78 is 0. The molecular weight excluding hydrogens is 258 g/mol. The van der Waals surface area contributed by atoms with Crippen LogP contribution in [0.2, 0.25) is 0 Å². The van der Waals surface area contributed by atoms with E-state index in [1.54, 1.807) is 0 Å². The zero-order valence-electron chi connectivity index (χ0n) is 12.9. The summed E-state index contributed by atoms with van der Waals surface area (Å²) in [5.41, 5.74) is 7.64. The fourth-order valence-corrected chi connectivity index (χ4v) is 2.82. The molecule has 0 aromatic heterocycles. The zero-order chi connectivity index (χ0) is 15.3. The second-order valence-electron chi connectivity index (χ2n) is 6.20. The highest BCUT2D eigenvalue weighted by Gasteiger charge is 2.36. The summed E-state index contributed by atoms with van der Waals surface area (Å²) in [6, 6.07) is 19.9. The molecule has 2 rings (SSSR count). The van der Waals surface area contributed by atoms with Gasteiger partial charge in [0, 0.05) is 18.9 Å². The first-order valence-electron chi connectivity index (χ1n) is 7.57. The van der Waals surface area contributed by atoms with Crippen LogP contribution in [0.15, 0.2) is 60.7 Å². The molecule has 0 bridgehead atoms. The van der Waals surface area contributed by atoms with E-state index in [1.165, 1.54) is 0 Å². The Hall–Kier alpha value is -1.64. The van der Waals surface area contributed by atoms with Gasteiger partial charge < -0.3 is 10.8 Å². The van der Waals surface area contributed by atoms with Crippen molar-refractivity contribution in [2.45, 2.75) is 38.3 Å². The van der Waals surface area contributed by atoms with E-state index < -0.39 is 5.60 Å². The fourth-order valence-electron chi connectivity index (χ4n) is 2.82. The summed E-state index contributed by atoms with van der Waals surface area (Å²) in [5, 5.41) is 11.2. The molecule has 0 aliphatic rings. The van der Waals surface area contributed by atoms with Crippen LogP contribution in [-0.4, -0.2) is 16.7 Å². The molecule has 21 heavy (non-hydrogen) atoms. The monoisotopic (exact) mass is 283 g/mol. The molecule has 0 radical (unpaired) electrons. The second kappa shape index (κ2) is 6.88. The van der Waals surface area contributed by atoms with E-state index in [-0.39, 0.29) is 12.0 Å². The lowest BCUT2D eigenvalue weighted by Crippen LogP contribution is -2.54. The molecule has 0 saturated carbocycles. The Morgan fingerprint density at radius 3 is 1.57 bits per heavy atom. The maximum absolute atomic E-state index is 11.2. The van der Waals surface area contributed by atoms with Gasteiger partial charge in [0.05, 0.1) is 5.60 Å². The lowest BCUT2D eigenvalue weighted by Gasteiger charge is -2.37. The SMILES string of the molecule is CC(C)[C@@H](N)C(O)(Cc1ccccc1)Cc1ccccc1. The van der Waals surface area contributed by atoms with Crippen LogP contribution in [0.5, 0.6) is 0 Å². The van der Waals surface area contributed by atoms with Crippen LogP contribution in [0.1, 0.15) is 25.0 Å². The maximum Gasteiger partial charge on any atom is 0.0880 e. The third-order valence-corrected chi connectivity index (χ3v) is 4.04. The summed E-state index contributed by atoms with van der Waals surface area (Å²) >= 11 is 0. The first-order chi connectivity index (χ1) is 10.0. The van der Waals surface area contributed by atoms with E-state index in [0.717, 1.165) is 11.1 Å². The Kier molecular flexibility index (Phi) is 5.16. The van der Waals surface area contributed by atoms with Gasteiger partial charge in [0.2, 0.25) is 0 Å². The zero-order valence-corrected chi connectivity index (χ0v) is 12.9. The number of hydrogen-bond acceptors (Lipinski definition) is 2. The van der Waals surface area contributed by atoms with Crippen molar-refractivity contribution in [3.8, 4) is 0 Å². The third-order valence-electron chi connectivity index (χ3n) is 4.04. The van der Waals surface area contributed by atoms with Crippen LogP contribution >= 0.6 is 0 Å². The highest BCUT2D eigenvalue weighted by molar-refractivity contribution is 5.23. The quantitative estimate of drug-likeness (QED) is 0.855. The van der Waals surface area contributed by atoms with Crippen molar-refractivity contribution < 1.29 is 5.11 Å². The van der Waals surface area contributed by atoms with Crippen LogP contribution < -0.4 is 5.73 Å². The van der Waals surface area contributed by atoms with Gasteiger partial charge in [0.15, 0.2) is 0 Å². The molecule has 2 heteroatoms. The van der Waals surface area contributed by atoms with Crippen molar-refractivity contribution >= 4 is 0 Å². The van der Waals surface area contributed by atoms with Gasteiger partial charge in [0.1, 0.15) is 0 Å². The van der Waals surface area contributed by atoms with E-state index in [1.807, 2.05) is 60.7 Å². The van der Waals surface area contributed by atoms with Crippen molar-refractivity contribution in [3.05, 3.63) is 71.8 Å². The highest BCUT2D eigenvalue weighted by Crippen LogP contribution is 2.25. The van der Waals surface area contributed by atoms with Crippen LogP contribution in [-0.2, 0) is 12.8 Å². The second-order valence-corrected chi connectivity index (χ2v) is 6.20. The summed E-state index contributed by atoms with van der Waals surface area (Å²) in [6.45, 7) is 4.12. The van der Waals surface area contributed by atoms with Crippen molar-refractivity contribution in [1.82, 2.24) is 0 Å². The van der Waals surface area contributed by atoms with E-state index >= 15 is 0 Å². The predicted octanol–water partition coefficient (Wildman–Crippen LogP) is 3.19. The molecule has 1 atom stereocenters. The smallest absolute Gasteiger partial charge is 0.0880 e. The molecule has 0 saturated heterocycles. The van der Waals surface area contributed by atoms with Gasteiger partial charge in [-0.3, -0.25) is 0 Å². The lowest BCUT2D eigenvalue weighted by atomic mass is 9.78. The van der Waals surface area contributed by atoms with E-state index in [9.17, 15) is 5.11 Å². The van der Waals surface area contributed by atoms with Crippen molar-refractivity contribution in [3.63, 3.8) is 0 Å². The Bertz CT molecular complexity index is 495. The molecule has 112 valence electrons. The molecule has 0 aliphatic carbocycles. The van der Waals surface area contributed by atoms with Gasteiger partial charge in [0.25, 0.3) is 0 Å². The Morgan fingerprint density at radius 2 is 1.24 bits per heavy atom. The van der Waals surface area contributed by atoms with E-state index in [4.69, 9.17) is 5.73 Å². The first kappa shape index (κ1) is 15.7. The normalized spacial score (nSPS) is 13.4. The number of benzene rings is 2.